The molecule has 1 aromatic heterocycles. The van der Waals surface area contributed by atoms with E-state index in [1.54, 1.807) is 12.4 Å². The van der Waals surface area contributed by atoms with Crippen molar-refractivity contribution in [2.75, 3.05) is 31.1 Å². The van der Waals surface area contributed by atoms with E-state index in [9.17, 15) is 13.2 Å². The molecule has 1 aliphatic rings. The Labute approximate surface area is 145 Å². The third-order valence-corrected chi connectivity index (χ3v) is 4.51. The Morgan fingerprint density at radius 2 is 1.44 bits per heavy atom. The summed E-state index contributed by atoms with van der Waals surface area (Å²) in [5, 5.41) is 0. The Morgan fingerprint density at radius 1 is 0.880 bits per heavy atom. The van der Waals surface area contributed by atoms with Crippen molar-refractivity contribution in [1.82, 2.24) is 14.9 Å². The molecule has 0 amide bonds. The number of anilines is 1. The highest BCUT2D eigenvalue weighted by Crippen LogP contribution is 2.30. The maximum atomic E-state index is 12.6. The number of hydrogen-bond acceptors (Lipinski definition) is 4. The molecule has 25 heavy (non-hydrogen) atoms. The monoisotopic (exact) mass is 350 g/mol. The number of aromatic nitrogens is 2. The second kappa shape index (κ2) is 7.00. The lowest BCUT2D eigenvalue weighted by Gasteiger charge is -2.36. The number of halogens is 3. The topological polar surface area (TPSA) is 32.3 Å². The van der Waals surface area contributed by atoms with Crippen LogP contribution in [0.15, 0.2) is 36.7 Å². The van der Waals surface area contributed by atoms with Gasteiger partial charge in [0, 0.05) is 50.2 Å². The van der Waals surface area contributed by atoms with E-state index in [0.29, 0.717) is 23.1 Å². The summed E-state index contributed by atoms with van der Waals surface area (Å²) in [6, 6.07) is 5.58. The van der Waals surface area contributed by atoms with Crippen LogP contribution in [0.1, 0.15) is 19.4 Å². The molecular weight excluding hydrogens is 329 g/mol. The standard InChI is InChI=1S/C18H21F3N4/c1-13(2)24-7-9-25(10-8-24)17-22-11-15(12-23-17)14-3-5-16(6-4-14)18(19,20)21/h3-6,11-13H,7-10H2,1-2H3. The number of benzene rings is 1. The van der Waals surface area contributed by atoms with Crippen molar-refractivity contribution in [3.63, 3.8) is 0 Å². The highest BCUT2D eigenvalue weighted by Gasteiger charge is 2.30. The lowest BCUT2D eigenvalue weighted by atomic mass is 10.1. The van der Waals surface area contributed by atoms with Gasteiger partial charge in [0.1, 0.15) is 0 Å². The van der Waals surface area contributed by atoms with E-state index in [-0.39, 0.29) is 0 Å². The molecule has 1 aromatic carbocycles. The predicted octanol–water partition coefficient (Wildman–Crippen LogP) is 3.69. The van der Waals surface area contributed by atoms with Crippen molar-refractivity contribution >= 4 is 5.95 Å². The molecule has 134 valence electrons. The lowest BCUT2D eigenvalue weighted by molar-refractivity contribution is -0.137. The average molecular weight is 350 g/mol. The van der Waals surface area contributed by atoms with Crippen molar-refractivity contribution in [1.29, 1.82) is 0 Å². The van der Waals surface area contributed by atoms with Crippen molar-refractivity contribution < 1.29 is 13.2 Å². The average Bonchev–Trinajstić information content (AvgIpc) is 2.61. The third kappa shape index (κ3) is 4.10. The second-order valence-electron chi connectivity index (χ2n) is 6.46. The highest BCUT2D eigenvalue weighted by atomic mass is 19.4. The summed E-state index contributed by atoms with van der Waals surface area (Å²) in [4.78, 5) is 13.3. The zero-order valence-corrected chi connectivity index (χ0v) is 14.3. The van der Waals surface area contributed by atoms with Gasteiger partial charge in [-0.2, -0.15) is 13.2 Å². The molecule has 1 aliphatic heterocycles. The van der Waals surface area contributed by atoms with Crippen LogP contribution in [0.5, 0.6) is 0 Å². The van der Waals surface area contributed by atoms with E-state index in [2.05, 4.69) is 33.6 Å². The molecule has 2 aromatic rings. The Hall–Kier alpha value is -2.15. The summed E-state index contributed by atoms with van der Waals surface area (Å²) >= 11 is 0. The molecule has 0 radical (unpaired) electrons. The summed E-state index contributed by atoms with van der Waals surface area (Å²) in [7, 11) is 0. The van der Waals surface area contributed by atoms with Crippen molar-refractivity contribution in [3.05, 3.63) is 42.2 Å². The Balaban J connectivity index is 1.68. The number of alkyl halides is 3. The second-order valence-corrected chi connectivity index (χ2v) is 6.46. The molecule has 0 bridgehead atoms. The van der Waals surface area contributed by atoms with Crippen molar-refractivity contribution in [3.8, 4) is 11.1 Å². The van der Waals surface area contributed by atoms with Crippen LogP contribution in [-0.2, 0) is 6.18 Å². The smallest absolute Gasteiger partial charge is 0.338 e. The van der Waals surface area contributed by atoms with E-state index < -0.39 is 11.7 Å². The summed E-state index contributed by atoms with van der Waals surface area (Å²) in [5.41, 5.74) is 0.722. The minimum absolute atomic E-state index is 0.533. The molecule has 3 rings (SSSR count). The van der Waals surface area contributed by atoms with E-state index in [1.165, 1.54) is 12.1 Å². The molecule has 0 spiro atoms. The first kappa shape index (κ1) is 17.7. The molecule has 0 aliphatic carbocycles. The fourth-order valence-corrected chi connectivity index (χ4v) is 2.92. The summed E-state index contributed by atoms with van der Waals surface area (Å²) in [6.07, 6.45) is -0.990. The zero-order chi connectivity index (χ0) is 18.0. The van der Waals surface area contributed by atoms with Gasteiger partial charge in [-0.1, -0.05) is 12.1 Å². The van der Waals surface area contributed by atoms with E-state index in [1.807, 2.05) is 0 Å². The van der Waals surface area contributed by atoms with E-state index >= 15 is 0 Å². The van der Waals surface area contributed by atoms with Crippen LogP contribution < -0.4 is 4.90 Å². The van der Waals surface area contributed by atoms with Gasteiger partial charge in [-0.15, -0.1) is 0 Å². The van der Waals surface area contributed by atoms with Gasteiger partial charge >= 0.3 is 6.18 Å². The van der Waals surface area contributed by atoms with Crippen molar-refractivity contribution in [2.45, 2.75) is 26.1 Å². The predicted molar refractivity (Wildman–Crippen MR) is 91.4 cm³/mol. The number of rotatable bonds is 3. The first-order chi connectivity index (χ1) is 11.8. The van der Waals surface area contributed by atoms with Crippen molar-refractivity contribution in [2.24, 2.45) is 0 Å². The zero-order valence-electron chi connectivity index (χ0n) is 14.3. The van der Waals surface area contributed by atoms with Gasteiger partial charge in [-0.3, -0.25) is 4.90 Å². The van der Waals surface area contributed by atoms with Gasteiger partial charge in [0.15, 0.2) is 0 Å². The van der Waals surface area contributed by atoms with Gasteiger partial charge in [0.2, 0.25) is 5.95 Å². The first-order valence-electron chi connectivity index (χ1n) is 8.33. The molecule has 0 atom stereocenters. The maximum Gasteiger partial charge on any atom is 0.416 e. The minimum Gasteiger partial charge on any atom is -0.338 e. The van der Waals surface area contributed by atoms with Crippen LogP contribution in [-0.4, -0.2) is 47.1 Å². The fraction of sp³-hybridized carbons (Fsp3) is 0.444. The van der Waals surface area contributed by atoms with Gasteiger partial charge in [0.25, 0.3) is 0 Å². The normalized spacial score (nSPS) is 16.5. The van der Waals surface area contributed by atoms with E-state index in [0.717, 1.165) is 38.3 Å². The quantitative estimate of drug-likeness (QED) is 0.845. The molecule has 1 fully saturated rings. The van der Waals surface area contributed by atoms with Gasteiger partial charge in [-0.25, -0.2) is 9.97 Å². The molecule has 4 nitrogen and oxygen atoms in total. The number of nitrogens with zero attached hydrogens (tertiary/aromatic N) is 4. The molecule has 0 saturated carbocycles. The van der Waals surface area contributed by atoms with Crippen LogP contribution in [0.25, 0.3) is 11.1 Å². The van der Waals surface area contributed by atoms with Crippen LogP contribution in [0, 0.1) is 0 Å². The van der Waals surface area contributed by atoms with Gasteiger partial charge in [0.05, 0.1) is 5.56 Å². The molecule has 0 N–H and O–H groups in total. The summed E-state index contributed by atoms with van der Waals surface area (Å²) in [5.74, 6) is 0.666. The Kier molecular flexibility index (Phi) is 4.94. The maximum absolute atomic E-state index is 12.6. The Morgan fingerprint density at radius 3 is 1.92 bits per heavy atom. The summed E-state index contributed by atoms with van der Waals surface area (Å²) < 4.78 is 37.9. The summed E-state index contributed by atoms with van der Waals surface area (Å²) in [6.45, 7) is 8.06. The van der Waals surface area contributed by atoms with Crippen LogP contribution >= 0.6 is 0 Å². The van der Waals surface area contributed by atoms with Crippen LogP contribution in [0.3, 0.4) is 0 Å². The fourth-order valence-electron chi connectivity index (χ4n) is 2.92. The largest absolute Gasteiger partial charge is 0.416 e. The molecule has 1 saturated heterocycles. The van der Waals surface area contributed by atoms with E-state index in [4.69, 9.17) is 0 Å². The van der Waals surface area contributed by atoms with Crippen LogP contribution in [0.2, 0.25) is 0 Å². The first-order valence-corrected chi connectivity index (χ1v) is 8.33. The minimum atomic E-state index is -4.32. The molecular formula is C18H21F3N4. The Bertz CT molecular complexity index is 688. The third-order valence-electron chi connectivity index (χ3n) is 4.51. The van der Waals surface area contributed by atoms with Crippen LogP contribution in [0.4, 0.5) is 19.1 Å². The number of hydrogen-bond donors (Lipinski definition) is 0. The SMILES string of the molecule is CC(C)N1CCN(c2ncc(-c3ccc(C(F)(F)F)cc3)cn2)CC1. The molecule has 2 heterocycles. The molecule has 0 unspecified atom stereocenters. The lowest BCUT2D eigenvalue weighted by Crippen LogP contribution is -2.49. The number of piperazine rings is 1. The van der Waals surface area contributed by atoms with Gasteiger partial charge in [-0.05, 0) is 31.5 Å². The highest BCUT2D eigenvalue weighted by molar-refractivity contribution is 5.62. The molecule has 7 heteroatoms. The van der Waals surface area contributed by atoms with Gasteiger partial charge < -0.3 is 4.90 Å².